The number of nitrogens with zero attached hydrogens (tertiary/aromatic N) is 3. The number of carbonyl (C=O) groups is 1. The highest BCUT2D eigenvalue weighted by Gasteiger charge is 2.24. The van der Waals surface area contributed by atoms with Gasteiger partial charge in [-0.25, -0.2) is 18.9 Å². The monoisotopic (exact) mass is 505 g/mol. The molecule has 0 atom stereocenters. The molecular weight excluding hydrogens is 488 g/mol. The minimum Gasteiger partial charge on any atom is -0.462 e. The Morgan fingerprint density at radius 1 is 1.00 bits per heavy atom. The van der Waals surface area contributed by atoms with E-state index in [1.165, 1.54) is 6.07 Å². The largest absolute Gasteiger partial charge is 0.462 e. The van der Waals surface area contributed by atoms with Crippen molar-refractivity contribution >= 4 is 40.2 Å². The van der Waals surface area contributed by atoms with Crippen LogP contribution in [-0.2, 0) is 4.74 Å². The molecule has 0 fully saturated rings. The van der Waals surface area contributed by atoms with Crippen LogP contribution >= 0.6 is 23.2 Å². The first-order chi connectivity index (χ1) is 17.0. The molecule has 0 unspecified atom stereocenters. The number of halogens is 3. The van der Waals surface area contributed by atoms with Gasteiger partial charge in [0.2, 0.25) is 0 Å². The Morgan fingerprint density at radius 2 is 1.71 bits per heavy atom. The number of carbonyl (C=O) groups excluding carboxylic acids is 1. The molecule has 0 radical (unpaired) electrons. The zero-order chi connectivity index (χ0) is 24.5. The lowest BCUT2D eigenvalue weighted by Crippen LogP contribution is -2.08. The van der Waals surface area contributed by atoms with E-state index in [-0.39, 0.29) is 23.4 Å². The van der Waals surface area contributed by atoms with E-state index in [1.807, 2.05) is 30.3 Å². The van der Waals surface area contributed by atoms with Gasteiger partial charge in [-0.3, -0.25) is 0 Å². The van der Waals surface area contributed by atoms with Crippen LogP contribution in [0.2, 0.25) is 10.0 Å². The maximum atomic E-state index is 14.8. The number of hydrogen-bond acceptors (Lipinski definition) is 4. The molecule has 5 aromatic rings. The van der Waals surface area contributed by atoms with Gasteiger partial charge in [0.15, 0.2) is 5.65 Å². The van der Waals surface area contributed by atoms with Gasteiger partial charge in [0.25, 0.3) is 0 Å². The predicted molar refractivity (Wildman–Crippen MR) is 136 cm³/mol. The molecule has 5 nitrogen and oxygen atoms in total. The maximum Gasteiger partial charge on any atom is 0.340 e. The summed E-state index contributed by atoms with van der Waals surface area (Å²) in [4.78, 5) is 17.6. The number of pyridine rings is 1. The fraction of sp³-hybridized carbons (Fsp3) is 0.0741. The minimum absolute atomic E-state index is 0.137. The van der Waals surface area contributed by atoms with Crippen LogP contribution in [0.3, 0.4) is 0 Å². The van der Waals surface area contributed by atoms with Crippen molar-refractivity contribution in [2.24, 2.45) is 0 Å². The third kappa shape index (κ3) is 4.27. The molecule has 0 spiro atoms. The van der Waals surface area contributed by atoms with Crippen molar-refractivity contribution in [3.63, 3.8) is 0 Å². The van der Waals surface area contributed by atoms with Crippen LogP contribution in [0.1, 0.15) is 17.3 Å². The highest BCUT2D eigenvalue weighted by Crippen LogP contribution is 2.36. The molecule has 8 heteroatoms. The number of rotatable bonds is 5. The molecule has 0 aliphatic heterocycles. The summed E-state index contributed by atoms with van der Waals surface area (Å²) in [6, 6.07) is 22.3. The molecule has 0 aliphatic rings. The summed E-state index contributed by atoms with van der Waals surface area (Å²) < 4.78 is 21.7. The van der Waals surface area contributed by atoms with Crippen molar-refractivity contribution in [1.82, 2.24) is 14.8 Å². The van der Waals surface area contributed by atoms with E-state index in [1.54, 1.807) is 54.1 Å². The Hall–Kier alpha value is -3.74. The van der Waals surface area contributed by atoms with Crippen LogP contribution in [0.5, 0.6) is 0 Å². The first-order valence-corrected chi connectivity index (χ1v) is 11.6. The lowest BCUT2D eigenvalue weighted by molar-refractivity contribution is 0.0527. The van der Waals surface area contributed by atoms with E-state index in [4.69, 9.17) is 33.0 Å². The zero-order valence-electron chi connectivity index (χ0n) is 18.5. The van der Waals surface area contributed by atoms with Crippen molar-refractivity contribution in [1.29, 1.82) is 0 Å². The van der Waals surface area contributed by atoms with Crippen LogP contribution in [0.15, 0.2) is 78.9 Å². The van der Waals surface area contributed by atoms with Gasteiger partial charge < -0.3 is 4.74 Å². The van der Waals surface area contributed by atoms with E-state index in [9.17, 15) is 9.18 Å². The van der Waals surface area contributed by atoms with Crippen molar-refractivity contribution < 1.29 is 13.9 Å². The molecule has 174 valence electrons. The Labute approximate surface area is 210 Å². The fourth-order valence-electron chi connectivity index (χ4n) is 3.92. The maximum absolute atomic E-state index is 14.8. The second kappa shape index (κ2) is 9.49. The first-order valence-electron chi connectivity index (χ1n) is 10.8. The Kier molecular flexibility index (Phi) is 6.24. The van der Waals surface area contributed by atoms with Crippen molar-refractivity contribution in [3.8, 4) is 28.2 Å². The lowest BCUT2D eigenvalue weighted by Gasteiger charge is -2.11. The predicted octanol–water partition coefficient (Wildman–Crippen LogP) is 7.38. The summed E-state index contributed by atoms with van der Waals surface area (Å²) in [5.74, 6) is -1.11. The minimum atomic E-state index is -0.604. The third-order valence-electron chi connectivity index (χ3n) is 5.49. The second-order valence-corrected chi connectivity index (χ2v) is 8.52. The van der Waals surface area contributed by atoms with Crippen LogP contribution in [-0.4, -0.2) is 27.3 Å². The van der Waals surface area contributed by atoms with Gasteiger partial charge in [0, 0.05) is 21.5 Å². The van der Waals surface area contributed by atoms with Crippen molar-refractivity contribution in [2.75, 3.05) is 6.61 Å². The topological polar surface area (TPSA) is 57.0 Å². The molecule has 2 heterocycles. The van der Waals surface area contributed by atoms with Crippen LogP contribution < -0.4 is 0 Å². The first kappa shape index (κ1) is 23.0. The van der Waals surface area contributed by atoms with Crippen molar-refractivity contribution in [3.05, 3.63) is 100 Å². The van der Waals surface area contributed by atoms with E-state index >= 15 is 0 Å². The van der Waals surface area contributed by atoms with Crippen LogP contribution in [0, 0.1) is 5.82 Å². The number of fused-ring (bicyclic) bond motifs is 1. The molecular formula is C27H18Cl2FN3O2. The smallest absolute Gasteiger partial charge is 0.340 e. The molecule has 0 N–H and O–H groups in total. The molecule has 35 heavy (non-hydrogen) atoms. The van der Waals surface area contributed by atoms with Gasteiger partial charge >= 0.3 is 5.97 Å². The van der Waals surface area contributed by atoms with Gasteiger partial charge in [-0.15, -0.1) is 5.10 Å². The number of esters is 1. The Balaban J connectivity index is 1.87. The SMILES string of the molecule is CCOC(=O)c1cc2c(-c3ccc(Cl)cc3)n(-c3ccccc3Cl)nc2nc1-c1ccccc1F. The number of aromatic nitrogens is 3. The summed E-state index contributed by atoms with van der Waals surface area (Å²) in [6.07, 6.45) is 0. The Morgan fingerprint density at radius 3 is 2.43 bits per heavy atom. The molecule has 0 amide bonds. The molecule has 3 aromatic carbocycles. The van der Waals surface area contributed by atoms with Crippen LogP contribution in [0.4, 0.5) is 4.39 Å². The number of ether oxygens (including phenoxy) is 1. The van der Waals surface area contributed by atoms with Crippen LogP contribution in [0.25, 0.3) is 39.2 Å². The molecule has 0 bridgehead atoms. The molecule has 0 saturated carbocycles. The van der Waals surface area contributed by atoms with Gasteiger partial charge in [-0.2, -0.15) is 0 Å². The third-order valence-corrected chi connectivity index (χ3v) is 6.06. The average molecular weight is 506 g/mol. The number of para-hydroxylation sites is 1. The average Bonchev–Trinajstić information content (AvgIpc) is 3.22. The normalized spacial score (nSPS) is 11.1. The molecule has 5 rings (SSSR count). The highest BCUT2D eigenvalue weighted by atomic mass is 35.5. The van der Waals surface area contributed by atoms with Gasteiger partial charge in [0.1, 0.15) is 5.82 Å². The van der Waals surface area contributed by atoms with Gasteiger partial charge in [-0.1, -0.05) is 59.6 Å². The summed E-state index contributed by atoms with van der Waals surface area (Å²) in [5, 5.41) is 6.36. The molecule has 0 aliphatic carbocycles. The van der Waals surface area contributed by atoms with Crippen molar-refractivity contribution in [2.45, 2.75) is 6.92 Å². The molecule has 2 aromatic heterocycles. The van der Waals surface area contributed by atoms with Gasteiger partial charge in [-0.05, 0) is 49.4 Å². The number of hydrogen-bond donors (Lipinski definition) is 0. The second-order valence-electron chi connectivity index (χ2n) is 7.67. The standard InChI is InChI=1S/C27H18Cl2FN3O2/c1-2-35-27(34)19-15-20-25(16-11-13-17(28)14-12-16)33(23-10-6-4-8-21(23)29)32-26(20)31-24(19)18-7-3-5-9-22(18)30/h3-15H,2H2,1H3. The fourth-order valence-corrected chi connectivity index (χ4v) is 4.26. The molecule has 0 saturated heterocycles. The van der Waals surface area contributed by atoms with Gasteiger partial charge in [0.05, 0.1) is 34.3 Å². The van der Waals surface area contributed by atoms with E-state index < -0.39 is 11.8 Å². The highest BCUT2D eigenvalue weighted by molar-refractivity contribution is 6.32. The van der Waals surface area contributed by atoms with E-state index in [0.717, 1.165) is 5.56 Å². The van der Waals surface area contributed by atoms with E-state index in [2.05, 4.69) is 4.98 Å². The number of benzene rings is 3. The summed E-state index contributed by atoms with van der Waals surface area (Å²) in [5.41, 5.74) is 2.86. The summed E-state index contributed by atoms with van der Waals surface area (Å²) >= 11 is 12.6. The lowest BCUT2D eigenvalue weighted by atomic mass is 10.0. The zero-order valence-corrected chi connectivity index (χ0v) is 20.0. The summed E-state index contributed by atoms with van der Waals surface area (Å²) in [7, 11) is 0. The quantitative estimate of drug-likeness (QED) is 0.234. The Bertz CT molecular complexity index is 1570. The summed E-state index contributed by atoms with van der Waals surface area (Å²) in [6.45, 7) is 1.87. The van der Waals surface area contributed by atoms with E-state index in [0.29, 0.717) is 32.5 Å².